The number of carbonyl (C=O) groups is 1. The Morgan fingerprint density at radius 2 is 2.20 bits per heavy atom. The van der Waals surface area contributed by atoms with E-state index < -0.39 is 0 Å². The largest absolute Gasteiger partial charge is 0.394 e. The minimum Gasteiger partial charge on any atom is -0.394 e. The molecule has 1 aliphatic rings. The summed E-state index contributed by atoms with van der Waals surface area (Å²) in [5, 5.41) is 12.1. The van der Waals surface area contributed by atoms with Crippen molar-refractivity contribution in [1.82, 2.24) is 4.90 Å². The Bertz CT molecular complexity index is 433. The monoisotopic (exact) mass is 278 g/mol. The van der Waals surface area contributed by atoms with Gasteiger partial charge in [-0.05, 0) is 37.5 Å². The molecule has 1 aliphatic heterocycles. The average molecular weight is 278 g/mol. The zero-order valence-electron chi connectivity index (χ0n) is 11.8. The van der Waals surface area contributed by atoms with Gasteiger partial charge in [-0.25, -0.2) is 4.79 Å². The van der Waals surface area contributed by atoms with Crippen LogP contribution in [-0.4, -0.2) is 41.8 Å². The Morgan fingerprint density at radius 3 is 2.85 bits per heavy atom. The van der Waals surface area contributed by atoms with Crippen LogP contribution in [0.1, 0.15) is 25.3 Å². The van der Waals surface area contributed by atoms with E-state index in [1.807, 2.05) is 31.2 Å². The highest BCUT2D eigenvalue weighted by Gasteiger charge is 2.27. The van der Waals surface area contributed by atoms with E-state index in [1.165, 1.54) is 0 Å². The average Bonchev–Trinajstić information content (AvgIpc) is 2.95. The van der Waals surface area contributed by atoms with Gasteiger partial charge in [-0.1, -0.05) is 12.1 Å². The fourth-order valence-electron chi connectivity index (χ4n) is 2.39. The van der Waals surface area contributed by atoms with Crippen LogP contribution in [0.3, 0.4) is 0 Å². The molecule has 1 saturated heterocycles. The summed E-state index contributed by atoms with van der Waals surface area (Å²) in [4.78, 5) is 13.8. The van der Waals surface area contributed by atoms with Crippen molar-refractivity contribution >= 4 is 11.7 Å². The molecule has 2 amide bonds. The minimum atomic E-state index is -0.140. The van der Waals surface area contributed by atoms with Crippen molar-refractivity contribution in [3.63, 3.8) is 0 Å². The van der Waals surface area contributed by atoms with Crippen LogP contribution in [0.25, 0.3) is 0 Å². The number of hydrogen-bond acceptors (Lipinski definition) is 3. The number of amides is 2. The van der Waals surface area contributed by atoms with Gasteiger partial charge in [0.1, 0.15) is 0 Å². The number of nitrogens with zero attached hydrogens (tertiary/aromatic N) is 1. The zero-order chi connectivity index (χ0) is 14.4. The van der Waals surface area contributed by atoms with E-state index in [1.54, 1.807) is 4.90 Å². The van der Waals surface area contributed by atoms with Crippen molar-refractivity contribution in [2.45, 2.75) is 32.4 Å². The summed E-state index contributed by atoms with van der Waals surface area (Å²) in [6.07, 6.45) is 1.82. The number of anilines is 1. The molecule has 1 atom stereocenters. The summed E-state index contributed by atoms with van der Waals surface area (Å²) in [6.45, 7) is 3.97. The summed E-state index contributed by atoms with van der Waals surface area (Å²) in [6, 6.07) is 7.44. The Morgan fingerprint density at radius 1 is 1.45 bits per heavy atom. The second-order valence-electron chi connectivity index (χ2n) is 4.94. The number of benzene rings is 1. The highest BCUT2D eigenvalue weighted by Crippen LogP contribution is 2.18. The molecule has 5 nitrogen and oxygen atoms in total. The number of ether oxygens (including phenoxy) is 1. The summed E-state index contributed by atoms with van der Waals surface area (Å²) in [5.41, 5.74) is 1.85. The van der Waals surface area contributed by atoms with Gasteiger partial charge >= 0.3 is 6.03 Å². The quantitative estimate of drug-likeness (QED) is 0.868. The third kappa shape index (κ3) is 3.71. The Hall–Kier alpha value is -1.59. The molecule has 0 saturated carbocycles. The van der Waals surface area contributed by atoms with Gasteiger partial charge in [0, 0.05) is 18.8 Å². The molecule has 0 radical (unpaired) electrons. The first-order valence-electron chi connectivity index (χ1n) is 7.09. The number of nitrogens with one attached hydrogen (secondary N) is 1. The van der Waals surface area contributed by atoms with E-state index in [0.717, 1.165) is 24.1 Å². The van der Waals surface area contributed by atoms with Crippen LogP contribution in [-0.2, 0) is 11.3 Å². The molecule has 1 aromatic carbocycles. The van der Waals surface area contributed by atoms with Gasteiger partial charge in [0.15, 0.2) is 0 Å². The number of carbonyl (C=O) groups excluding carboxylic acids is 1. The maximum Gasteiger partial charge on any atom is 0.322 e. The number of aliphatic hydroxyl groups excluding tert-OH is 1. The summed E-state index contributed by atoms with van der Waals surface area (Å²) in [7, 11) is 0. The Labute approximate surface area is 119 Å². The fourth-order valence-corrected chi connectivity index (χ4v) is 2.39. The van der Waals surface area contributed by atoms with Gasteiger partial charge in [0.2, 0.25) is 0 Å². The van der Waals surface area contributed by atoms with E-state index in [0.29, 0.717) is 19.8 Å². The Kier molecular flexibility index (Phi) is 5.38. The Balaban J connectivity index is 1.90. The number of rotatable bonds is 5. The number of hydrogen-bond donors (Lipinski definition) is 2. The van der Waals surface area contributed by atoms with E-state index in [-0.39, 0.29) is 18.7 Å². The predicted molar refractivity (Wildman–Crippen MR) is 77.6 cm³/mol. The SMILES string of the molecule is CCOCc1ccc(NC(=O)N2CCC[C@@H]2CO)cc1. The topological polar surface area (TPSA) is 61.8 Å². The van der Waals surface area contributed by atoms with Gasteiger partial charge in [-0.3, -0.25) is 0 Å². The van der Waals surface area contributed by atoms with Gasteiger partial charge < -0.3 is 20.1 Å². The van der Waals surface area contributed by atoms with Crippen molar-refractivity contribution in [2.75, 3.05) is 25.1 Å². The molecule has 0 spiro atoms. The lowest BCUT2D eigenvalue weighted by molar-refractivity contribution is 0.134. The first-order valence-corrected chi connectivity index (χ1v) is 7.09. The molecular weight excluding hydrogens is 256 g/mol. The smallest absolute Gasteiger partial charge is 0.322 e. The third-order valence-electron chi connectivity index (χ3n) is 3.53. The van der Waals surface area contributed by atoms with Gasteiger partial charge in [0.05, 0.1) is 19.3 Å². The summed E-state index contributed by atoms with van der Waals surface area (Å²) in [5.74, 6) is 0. The predicted octanol–water partition coefficient (Wildman–Crippen LogP) is 2.21. The van der Waals surface area contributed by atoms with Crippen LogP contribution in [0.5, 0.6) is 0 Å². The first-order chi connectivity index (χ1) is 9.74. The normalized spacial score (nSPS) is 18.3. The number of urea groups is 1. The van der Waals surface area contributed by atoms with Crippen LogP contribution < -0.4 is 5.32 Å². The molecule has 0 unspecified atom stereocenters. The van der Waals surface area contributed by atoms with Crippen molar-refractivity contribution < 1.29 is 14.6 Å². The van der Waals surface area contributed by atoms with Gasteiger partial charge in [0.25, 0.3) is 0 Å². The number of aliphatic hydroxyl groups is 1. The lowest BCUT2D eigenvalue weighted by atomic mass is 10.2. The number of likely N-dealkylation sites (tertiary alicyclic amines) is 1. The highest BCUT2D eigenvalue weighted by molar-refractivity contribution is 5.89. The molecule has 5 heteroatoms. The van der Waals surface area contributed by atoms with Crippen LogP contribution in [0.15, 0.2) is 24.3 Å². The van der Waals surface area contributed by atoms with E-state index in [9.17, 15) is 9.90 Å². The molecule has 2 rings (SSSR count). The molecule has 0 aliphatic carbocycles. The van der Waals surface area contributed by atoms with E-state index >= 15 is 0 Å². The second-order valence-corrected chi connectivity index (χ2v) is 4.94. The van der Waals surface area contributed by atoms with Gasteiger partial charge in [-0.15, -0.1) is 0 Å². The first kappa shape index (κ1) is 14.8. The zero-order valence-corrected chi connectivity index (χ0v) is 11.8. The maximum atomic E-state index is 12.1. The summed E-state index contributed by atoms with van der Waals surface area (Å²) >= 11 is 0. The molecule has 2 N–H and O–H groups in total. The molecule has 1 fully saturated rings. The molecule has 0 aromatic heterocycles. The van der Waals surface area contributed by atoms with Crippen LogP contribution in [0, 0.1) is 0 Å². The van der Waals surface area contributed by atoms with Crippen LogP contribution >= 0.6 is 0 Å². The molecule has 1 heterocycles. The third-order valence-corrected chi connectivity index (χ3v) is 3.53. The molecule has 20 heavy (non-hydrogen) atoms. The molecular formula is C15H22N2O3. The molecule has 110 valence electrons. The highest BCUT2D eigenvalue weighted by atomic mass is 16.5. The standard InChI is InChI=1S/C15H22N2O3/c1-2-20-11-12-5-7-13(8-6-12)16-15(19)17-9-3-4-14(17)10-18/h5-8,14,18H,2-4,9-11H2,1H3,(H,16,19)/t14-/m1/s1. The van der Waals surface area contributed by atoms with Crippen LogP contribution in [0.2, 0.25) is 0 Å². The van der Waals surface area contributed by atoms with Crippen molar-refractivity contribution in [2.24, 2.45) is 0 Å². The lowest BCUT2D eigenvalue weighted by Crippen LogP contribution is -2.40. The van der Waals surface area contributed by atoms with E-state index in [2.05, 4.69) is 5.32 Å². The molecule has 1 aromatic rings. The molecule has 0 bridgehead atoms. The summed E-state index contributed by atoms with van der Waals surface area (Å²) < 4.78 is 5.33. The van der Waals surface area contributed by atoms with Crippen molar-refractivity contribution in [1.29, 1.82) is 0 Å². The lowest BCUT2D eigenvalue weighted by Gasteiger charge is -2.23. The second kappa shape index (κ2) is 7.26. The van der Waals surface area contributed by atoms with E-state index in [4.69, 9.17) is 4.74 Å². The van der Waals surface area contributed by atoms with Crippen molar-refractivity contribution in [3.8, 4) is 0 Å². The van der Waals surface area contributed by atoms with Gasteiger partial charge in [-0.2, -0.15) is 0 Å². The maximum absolute atomic E-state index is 12.1. The van der Waals surface area contributed by atoms with Crippen molar-refractivity contribution in [3.05, 3.63) is 29.8 Å². The minimum absolute atomic E-state index is 0.0285. The van der Waals surface area contributed by atoms with Crippen LogP contribution in [0.4, 0.5) is 10.5 Å². The fraction of sp³-hybridized carbons (Fsp3) is 0.533.